The Balaban J connectivity index is 2.06. The molecule has 7 nitrogen and oxygen atoms in total. The fourth-order valence-electron chi connectivity index (χ4n) is 4.14. The van der Waals surface area contributed by atoms with Gasteiger partial charge in [-0.1, -0.05) is 96.7 Å². The van der Waals surface area contributed by atoms with Crippen molar-refractivity contribution in [3.63, 3.8) is 0 Å². The number of rotatable bonds is 13. The summed E-state index contributed by atoms with van der Waals surface area (Å²) >= 11 is 18.7. The molecule has 1 N–H and O–H groups in total. The number of halogens is 3. The minimum absolute atomic E-state index is 0.00541. The number of amides is 2. The molecule has 0 fully saturated rings. The quantitative estimate of drug-likeness (QED) is 0.238. The van der Waals surface area contributed by atoms with Crippen molar-refractivity contribution in [2.45, 2.75) is 38.8 Å². The maximum atomic E-state index is 14.0. The molecule has 3 aromatic carbocycles. The zero-order chi connectivity index (χ0) is 29.3. The van der Waals surface area contributed by atoms with E-state index in [1.807, 2.05) is 37.3 Å². The number of carbonyl (C=O) groups excluding carboxylic acids is 2. The fourth-order valence-corrected chi connectivity index (χ4v) is 5.61. The first-order valence-electron chi connectivity index (χ1n) is 12.8. The number of benzene rings is 3. The second kappa shape index (κ2) is 14.7. The third-order valence-electron chi connectivity index (χ3n) is 6.24. The van der Waals surface area contributed by atoms with Crippen LogP contribution in [0, 0.1) is 0 Å². The molecule has 0 saturated carbocycles. The lowest BCUT2D eigenvalue weighted by Gasteiger charge is -2.33. The van der Waals surface area contributed by atoms with Gasteiger partial charge in [-0.3, -0.25) is 13.9 Å². The summed E-state index contributed by atoms with van der Waals surface area (Å²) in [6, 6.07) is 19.7. The lowest BCUT2D eigenvalue weighted by Crippen LogP contribution is -2.53. The van der Waals surface area contributed by atoms with E-state index < -0.39 is 28.5 Å². The molecule has 214 valence electrons. The average Bonchev–Trinajstić information content (AvgIpc) is 2.91. The molecule has 0 bridgehead atoms. The molecule has 2 amide bonds. The first-order chi connectivity index (χ1) is 19.0. The zero-order valence-corrected chi connectivity index (χ0v) is 25.4. The van der Waals surface area contributed by atoms with Crippen LogP contribution in [0.5, 0.6) is 0 Å². The molecule has 0 radical (unpaired) electrons. The minimum atomic E-state index is -3.91. The van der Waals surface area contributed by atoms with Gasteiger partial charge in [-0.05, 0) is 41.8 Å². The topological polar surface area (TPSA) is 86.8 Å². The van der Waals surface area contributed by atoms with Crippen LogP contribution in [0.1, 0.15) is 30.9 Å². The van der Waals surface area contributed by atoms with Crippen LogP contribution in [-0.2, 0) is 32.6 Å². The largest absolute Gasteiger partial charge is 0.354 e. The van der Waals surface area contributed by atoms with Crippen LogP contribution in [0.4, 0.5) is 5.69 Å². The highest BCUT2D eigenvalue weighted by molar-refractivity contribution is 7.92. The van der Waals surface area contributed by atoms with E-state index in [-0.39, 0.29) is 29.6 Å². The summed E-state index contributed by atoms with van der Waals surface area (Å²) < 4.78 is 26.6. The van der Waals surface area contributed by atoms with Gasteiger partial charge in [-0.25, -0.2) is 8.42 Å². The summed E-state index contributed by atoms with van der Waals surface area (Å²) in [6.45, 7) is 1.90. The number of hydrogen-bond donors (Lipinski definition) is 1. The van der Waals surface area contributed by atoms with Crippen LogP contribution in [-0.4, -0.2) is 50.5 Å². The van der Waals surface area contributed by atoms with E-state index in [0.29, 0.717) is 22.2 Å². The molecule has 0 spiro atoms. The van der Waals surface area contributed by atoms with Crippen molar-refractivity contribution in [3.8, 4) is 0 Å². The van der Waals surface area contributed by atoms with Crippen molar-refractivity contribution >= 4 is 62.3 Å². The number of hydrogen-bond acceptors (Lipinski definition) is 4. The molecular formula is C29H32Cl3N3O4S. The Morgan fingerprint density at radius 1 is 0.875 bits per heavy atom. The number of para-hydroxylation sites is 1. The highest BCUT2D eigenvalue weighted by Crippen LogP contribution is 2.28. The SMILES string of the molecule is CCCCNC(=O)C(Cc1ccccc1)N(Cc1ccc(Cl)c(Cl)c1)C(=O)CN(c1ccccc1Cl)S(C)(=O)=O. The van der Waals surface area contributed by atoms with Gasteiger partial charge in [0.2, 0.25) is 21.8 Å². The summed E-state index contributed by atoms with van der Waals surface area (Å²) in [7, 11) is -3.91. The Labute approximate surface area is 251 Å². The number of nitrogens with zero attached hydrogens (tertiary/aromatic N) is 2. The lowest BCUT2D eigenvalue weighted by atomic mass is 10.0. The molecule has 3 rings (SSSR count). The number of unbranched alkanes of at least 4 members (excludes halogenated alkanes) is 1. The van der Waals surface area contributed by atoms with Crippen LogP contribution in [0.25, 0.3) is 0 Å². The monoisotopic (exact) mass is 623 g/mol. The Kier molecular flexibility index (Phi) is 11.7. The van der Waals surface area contributed by atoms with Crippen molar-refractivity contribution < 1.29 is 18.0 Å². The van der Waals surface area contributed by atoms with Gasteiger partial charge in [0, 0.05) is 19.5 Å². The fraction of sp³-hybridized carbons (Fsp3) is 0.310. The molecule has 11 heteroatoms. The molecule has 1 unspecified atom stereocenters. The van der Waals surface area contributed by atoms with Gasteiger partial charge in [0.1, 0.15) is 12.6 Å². The Bertz CT molecular complexity index is 1420. The molecule has 0 aromatic heterocycles. The van der Waals surface area contributed by atoms with Crippen molar-refractivity contribution in [2.75, 3.05) is 23.7 Å². The molecule has 0 saturated heterocycles. The van der Waals surface area contributed by atoms with E-state index in [1.165, 1.54) is 11.0 Å². The average molecular weight is 625 g/mol. The molecule has 1 atom stereocenters. The van der Waals surface area contributed by atoms with Crippen LogP contribution in [0.3, 0.4) is 0 Å². The molecule has 0 heterocycles. The van der Waals surface area contributed by atoms with Crippen LogP contribution < -0.4 is 9.62 Å². The van der Waals surface area contributed by atoms with Gasteiger partial charge < -0.3 is 10.2 Å². The maximum absolute atomic E-state index is 14.0. The Morgan fingerprint density at radius 2 is 1.55 bits per heavy atom. The third-order valence-corrected chi connectivity index (χ3v) is 8.42. The standard InChI is InChI=1S/C29H32Cl3N3O4S/c1-3-4-16-33-29(37)27(18-21-10-6-5-7-11-21)34(19-22-14-15-23(30)25(32)17-22)28(36)20-35(40(2,38)39)26-13-9-8-12-24(26)31/h5-15,17,27H,3-4,16,18-20H2,1-2H3,(H,33,37). The summed E-state index contributed by atoms with van der Waals surface area (Å²) in [5.41, 5.74) is 1.64. The van der Waals surface area contributed by atoms with Gasteiger partial charge in [0.25, 0.3) is 0 Å². The summed E-state index contributed by atoms with van der Waals surface area (Å²) in [5, 5.41) is 3.76. The van der Waals surface area contributed by atoms with Crippen LogP contribution >= 0.6 is 34.8 Å². The summed E-state index contributed by atoms with van der Waals surface area (Å²) in [5.74, 6) is -0.919. The van der Waals surface area contributed by atoms with E-state index in [4.69, 9.17) is 34.8 Å². The summed E-state index contributed by atoms with van der Waals surface area (Å²) in [4.78, 5) is 29.0. The van der Waals surface area contributed by atoms with E-state index >= 15 is 0 Å². The molecule has 0 aliphatic rings. The van der Waals surface area contributed by atoms with Crippen LogP contribution in [0.2, 0.25) is 15.1 Å². The van der Waals surface area contributed by atoms with E-state index in [0.717, 1.165) is 29.0 Å². The highest BCUT2D eigenvalue weighted by atomic mass is 35.5. The number of carbonyl (C=O) groups is 2. The lowest BCUT2D eigenvalue weighted by molar-refractivity contribution is -0.140. The van der Waals surface area contributed by atoms with E-state index in [1.54, 1.807) is 36.4 Å². The van der Waals surface area contributed by atoms with Gasteiger partial charge >= 0.3 is 0 Å². The smallest absolute Gasteiger partial charge is 0.244 e. The first kappa shape index (κ1) is 31.7. The van der Waals surface area contributed by atoms with Gasteiger partial charge in [-0.2, -0.15) is 0 Å². The van der Waals surface area contributed by atoms with Crippen molar-refractivity contribution in [3.05, 3.63) is 99.0 Å². The van der Waals surface area contributed by atoms with Gasteiger partial charge in [0.05, 0.1) is 27.0 Å². The number of anilines is 1. The van der Waals surface area contributed by atoms with E-state index in [9.17, 15) is 18.0 Å². The highest BCUT2D eigenvalue weighted by Gasteiger charge is 2.33. The second-order valence-corrected chi connectivity index (χ2v) is 12.5. The first-order valence-corrected chi connectivity index (χ1v) is 15.8. The zero-order valence-electron chi connectivity index (χ0n) is 22.3. The minimum Gasteiger partial charge on any atom is -0.354 e. The number of sulfonamides is 1. The number of nitrogens with one attached hydrogen (secondary N) is 1. The van der Waals surface area contributed by atoms with Crippen molar-refractivity contribution in [2.24, 2.45) is 0 Å². The normalized spacial score (nSPS) is 12.0. The van der Waals surface area contributed by atoms with E-state index in [2.05, 4.69) is 5.32 Å². The molecule has 40 heavy (non-hydrogen) atoms. The Morgan fingerprint density at radius 3 is 2.17 bits per heavy atom. The Hall–Kier alpha value is -2.78. The second-order valence-electron chi connectivity index (χ2n) is 9.34. The third kappa shape index (κ3) is 8.86. The van der Waals surface area contributed by atoms with Gasteiger partial charge in [-0.15, -0.1) is 0 Å². The maximum Gasteiger partial charge on any atom is 0.244 e. The molecule has 0 aliphatic carbocycles. The molecule has 0 aliphatic heterocycles. The van der Waals surface area contributed by atoms with Crippen LogP contribution in [0.15, 0.2) is 72.8 Å². The molecule has 3 aromatic rings. The predicted molar refractivity (Wildman–Crippen MR) is 163 cm³/mol. The van der Waals surface area contributed by atoms with Crippen molar-refractivity contribution in [1.29, 1.82) is 0 Å². The predicted octanol–water partition coefficient (Wildman–Crippen LogP) is 5.97. The molecular weight excluding hydrogens is 593 g/mol. The summed E-state index contributed by atoms with van der Waals surface area (Å²) in [6.07, 6.45) is 2.89. The van der Waals surface area contributed by atoms with Gasteiger partial charge in [0.15, 0.2) is 0 Å². The van der Waals surface area contributed by atoms with Crippen molar-refractivity contribution in [1.82, 2.24) is 10.2 Å².